The number of oxime groups is 1. The van der Waals surface area contributed by atoms with Crippen molar-refractivity contribution in [1.82, 2.24) is 4.90 Å². The number of ether oxygens (including phenoxy) is 1. The summed E-state index contributed by atoms with van der Waals surface area (Å²) in [7, 11) is 0. The van der Waals surface area contributed by atoms with Crippen molar-refractivity contribution in [2.75, 3.05) is 19.7 Å². The molecule has 2 aliphatic rings. The Hall–Kier alpha value is -1.63. The first-order valence-electron chi connectivity index (χ1n) is 6.48. The fourth-order valence-corrected chi connectivity index (χ4v) is 2.25. The lowest BCUT2D eigenvalue weighted by atomic mass is 10.1. The molecule has 7 nitrogen and oxygen atoms in total. The highest BCUT2D eigenvalue weighted by Gasteiger charge is 2.35. The first-order chi connectivity index (χ1) is 9.11. The molecule has 0 aliphatic carbocycles. The Bertz CT molecular complexity index is 390. The molecule has 0 aromatic carbocycles. The Labute approximate surface area is 111 Å². The predicted octanol–water partition coefficient (Wildman–Crippen LogP) is 0.243. The summed E-state index contributed by atoms with van der Waals surface area (Å²) in [5.41, 5.74) is -0.105. The summed E-state index contributed by atoms with van der Waals surface area (Å²) >= 11 is 0. The van der Waals surface area contributed by atoms with Gasteiger partial charge in [0.1, 0.15) is 0 Å². The Morgan fingerprint density at radius 2 is 2.32 bits per heavy atom. The van der Waals surface area contributed by atoms with Crippen LogP contribution >= 0.6 is 0 Å². The molecular formula is C12H18N2O5. The van der Waals surface area contributed by atoms with E-state index in [4.69, 9.17) is 14.7 Å². The van der Waals surface area contributed by atoms with Gasteiger partial charge in [0.05, 0.1) is 6.10 Å². The van der Waals surface area contributed by atoms with E-state index < -0.39 is 12.1 Å². The van der Waals surface area contributed by atoms with Crippen LogP contribution in [0.5, 0.6) is 0 Å². The number of amides is 1. The Kier molecular flexibility index (Phi) is 4.36. The van der Waals surface area contributed by atoms with Gasteiger partial charge in [0.2, 0.25) is 6.10 Å². The number of aliphatic carboxylic acids is 1. The van der Waals surface area contributed by atoms with Gasteiger partial charge in [-0.2, -0.15) is 0 Å². The maximum atomic E-state index is 12.2. The van der Waals surface area contributed by atoms with Crippen LogP contribution in [0.2, 0.25) is 0 Å². The van der Waals surface area contributed by atoms with Gasteiger partial charge in [-0.15, -0.1) is 0 Å². The number of carbonyl (C=O) groups is 2. The molecule has 0 radical (unpaired) electrons. The van der Waals surface area contributed by atoms with Gasteiger partial charge >= 0.3 is 5.97 Å². The molecule has 2 aliphatic heterocycles. The second-order valence-electron chi connectivity index (χ2n) is 4.65. The zero-order chi connectivity index (χ0) is 13.8. The molecule has 0 aromatic heterocycles. The second-order valence-corrected chi connectivity index (χ2v) is 4.65. The summed E-state index contributed by atoms with van der Waals surface area (Å²) in [6.45, 7) is 3.68. The predicted molar refractivity (Wildman–Crippen MR) is 65.8 cm³/mol. The van der Waals surface area contributed by atoms with Gasteiger partial charge in [0.15, 0.2) is 5.71 Å². The lowest BCUT2D eigenvalue weighted by Crippen LogP contribution is -2.43. The van der Waals surface area contributed by atoms with Crippen molar-refractivity contribution in [3.63, 3.8) is 0 Å². The number of rotatable bonds is 5. The van der Waals surface area contributed by atoms with Gasteiger partial charge in [-0.25, -0.2) is 4.79 Å². The molecule has 1 amide bonds. The van der Waals surface area contributed by atoms with E-state index in [-0.39, 0.29) is 24.1 Å². The largest absolute Gasteiger partial charge is 0.477 e. The van der Waals surface area contributed by atoms with Crippen molar-refractivity contribution in [2.24, 2.45) is 5.16 Å². The van der Waals surface area contributed by atoms with E-state index >= 15 is 0 Å². The fraction of sp³-hybridized carbons (Fsp3) is 0.750. The van der Waals surface area contributed by atoms with Crippen LogP contribution in [-0.4, -0.2) is 59.5 Å². The van der Waals surface area contributed by atoms with E-state index in [0.29, 0.717) is 13.1 Å². The van der Waals surface area contributed by atoms with E-state index in [1.807, 2.05) is 6.92 Å². The minimum atomic E-state index is -1.14. The van der Waals surface area contributed by atoms with Crippen molar-refractivity contribution < 1.29 is 24.3 Å². The summed E-state index contributed by atoms with van der Waals surface area (Å²) < 4.78 is 5.50. The third-order valence-electron chi connectivity index (χ3n) is 3.33. The standard InChI is InChI=1S/C12H18N2O5/c1-2-14(7-8-4-3-5-18-8)11(15)10-6-9(12(16)17)13-19-10/h8,10H,2-7H2,1H3,(H,16,17). The van der Waals surface area contributed by atoms with Gasteiger partial charge in [0, 0.05) is 26.1 Å². The molecule has 7 heteroatoms. The van der Waals surface area contributed by atoms with Gasteiger partial charge < -0.3 is 19.6 Å². The first kappa shape index (κ1) is 13.8. The summed E-state index contributed by atoms with van der Waals surface area (Å²) in [4.78, 5) is 29.5. The lowest BCUT2D eigenvalue weighted by molar-refractivity contribution is -0.143. The maximum absolute atomic E-state index is 12.2. The number of nitrogens with zero attached hydrogens (tertiary/aromatic N) is 2. The molecular weight excluding hydrogens is 252 g/mol. The van der Waals surface area contributed by atoms with E-state index in [1.54, 1.807) is 4.90 Å². The van der Waals surface area contributed by atoms with Crippen LogP contribution in [-0.2, 0) is 19.2 Å². The number of carboxylic acids is 1. The van der Waals surface area contributed by atoms with Crippen LogP contribution in [0, 0.1) is 0 Å². The highest BCUT2D eigenvalue weighted by molar-refractivity contribution is 6.36. The number of hydrogen-bond donors (Lipinski definition) is 1. The third-order valence-corrected chi connectivity index (χ3v) is 3.33. The van der Waals surface area contributed by atoms with Crippen molar-refractivity contribution >= 4 is 17.6 Å². The van der Waals surface area contributed by atoms with Gasteiger partial charge in [-0.3, -0.25) is 4.79 Å². The number of carbonyl (C=O) groups excluding carboxylic acids is 1. The number of hydrogen-bond acceptors (Lipinski definition) is 5. The van der Waals surface area contributed by atoms with Crippen LogP contribution < -0.4 is 0 Å². The molecule has 106 valence electrons. The molecule has 2 rings (SSSR count). The average molecular weight is 270 g/mol. The smallest absolute Gasteiger partial charge is 0.353 e. The van der Waals surface area contributed by atoms with Gasteiger partial charge in [-0.05, 0) is 19.8 Å². The molecule has 1 N–H and O–H groups in total. The summed E-state index contributed by atoms with van der Waals surface area (Å²) in [5, 5.41) is 12.2. The quantitative estimate of drug-likeness (QED) is 0.773. The Morgan fingerprint density at radius 3 is 2.84 bits per heavy atom. The Balaban J connectivity index is 1.88. The maximum Gasteiger partial charge on any atom is 0.353 e. The normalized spacial score (nSPS) is 25.8. The lowest BCUT2D eigenvalue weighted by Gasteiger charge is -2.25. The molecule has 1 fully saturated rings. The topological polar surface area (TPSA) is 88.4 Å². The van der Waals surface area contributed by atoms with Crippen LogP contribution in [0.1, 0.15) is 26.2 Å². The molecule has 0 aromatic rings. The summed E-state index contributed by atoms with van der Waals surface area (Å²) in [5.74, 6) is -1.37. The molecule has 19 heavy (non-hydrogen) atoms. The zero-order valence-corrected chi connectivity index (χ0v) is 10.9. The van der Waals surface area contributed by atoms with Crippen molar-refractivity contribution in [3.05, 3.63) is 0 Å². The van der Waals surface area contributed by atoms with Crippen molar-refractivity contribution in [1.29, 1.82) is 0 Å². The molecule has 0 bridgehead atoms. The fourth-order valence-electron chi connectivity index (χ4n) is 2.25. The molecule has 2 heterocycles. The average Bonchev–Trinajstić information content (AvgIpc) is 3.06. The summed E-state index contributed by atoms with van der Waals surface area (Å²) in [6.07, 6.45) is 1.25. The Morgan fingerprint density at radius 1 is 1.53 bits per heavy atom. The van der Waals surface area contributed by atoms with Crippen LogP contribution in [0.4, 0.5) is 0 Å². The first-order valence-corrected chi connectivity index (χ1v) is 6.48. The molecule has 0 saturated carbocycles. The molecule has 1 saturated heterocycles. The van der Waals surface area contributed by atoms with Crippen LogP contribution in [0.3, 0.4) is 0 Å². The SMILES string of the molecule is CCN(CC1CCCO1)C(=O)C1CC(C(=O)O)=NO1. The molecule has 2 atom stereocenters. The van der Waals surface area contributed by atoms with Crippen LogP contribution in [0.25, 0.3) is 0 Å². The number of likely N-dealkylation sites (N-methyl/N-ethyl adjacent to an activating group) is 1. The molecule has 0 spiro atoms. The minimum absolute atomic E-state index is 0.0240. The number of carboxylic acid groups (broad SMARTS) is 1. The monoisotopic (exact) mass is 270 g/mol. The second kappa shape index (κ2) is 6.01. The van der Waals surface area contributed by atoms with Crippen LogP contribution in [0.15, 0.2) is 5.16 Å². The van der Waals surface area contributed by atoms with E-state index in [1.165, 1.54) is 0 Å². The molecule has 2 unspecified atom stereocenters. The third kappa shape index (κ3) is 3.23. The van der Waals surface area contributed by atoms with Gasteiger partial charge in [0.25, 0.3) is 5.91 Å². The minimum Gasteiger partial charge on any atom is -0.477 e. The highest BCUT2D eigenvalue weighted by Crippen LogP contribution is 2.17. The van der Waals surface area contributed by atoms with Crippen molar-refractivity contribution in [2.45, 2.75) is 38.4 Å². The van der Waals surface area contributed by atoms with E-state index in [2.05, 4.69) is 5.16 Å². The highest BCUT2D eigenvalue weighted by atomic mass is 16.6. The summed E-state index contributed by atoms with van der Waals surface area (Å²) in [6, 6.07) is 0. The van der Waals surface area contributed by atoms with Gasteiger partial charge in [-0.1, -0.05) is 5.16 Å². The zero-order valence-electron chi connectivity index (χ0n) is 10.9. The van der Waals surface area contributed by atoms with Crippen molar-refractivity contribution in [3.8, 4) is 0 Å². The van der Waals surface area contributed by atoms with E-state index in [0.717, 1.165) is 19.4 Å². The van der Waals surface area contributed by atoms with E-state index in [9.17, 15) is 9.59 Å².